The van der Waals surface area contributed by atoms with Gasteiger partial charge in [-0.2, -0.15) is 0 Å². The van der Waals surface area contributed by atoms with Crippen molar-refractivity contribution in [3.63, 3.8) is 0 Å². The SMILES string of the molecule is Cc1cccc(C(=O)Cn2cc(Cn3c4ccccc4c4ccccc43)nn2)c1. The van der Waals surface area contributed by atoms with Crippen molar-refractivity contribution in [2.45, 2.75) is 20.0 Å². The number of fused-ring (bicyclic) bond motifs is 3. The third-order valence-corrected chi connectivity index (χ3v) is 5.23. The Balaban J connectivity index is 1.44. The summed E-state index contributed by atoms with van der Waals surface area (Å²) in [5.41, 5.74) is 4.93. The van der Waals surface area contributed by atoms with Crippen molar-refractivity contribution < 1.29 is 4.79 Å². The standard InChI is InChI=1S/C24H20N4O/c1-17-7-6-8-18(13-17)24(29)16-27-14-19(25-26-27)15-28-22-11-4-2-9-20(22)21-10-3-5-12-23(21)28/h2-14H,15-16H2,1H3. The van der Waals surface area contributed by atoms with Crippen molar-refractivity contribution in [2.75, 3.05) is 0 Å². The Hall–Kier alpha value is -3.73. The summed E-state index contributed by atoms with van der Waals surface area (Å²) in [4.78, 5) is 12.5. The Labute approximate surface area is 168 Å². The van der Waals surface area contributed by atoms with Crippen LogP contribution in [0.25, 0.3) is 21.8 Å². The maximum absolute atomic E-state index is 12.5. The number of ketones is 1. The highest BCUT2D eigenvalue weighted by Crippen LogP contribution is 2.29. The van der Waals surface area contributed by atoms with E-state index in [0.29, 0.717) is 12.1 Å². The van der Waals surface area contributed by atoms with Crippen LogP contribution in [0.2, 0.25) is 0 Å². The number of para-hydroxylation sites is 2. The van der Waals surface area contributed by atoms with E-state index < -0.39 is 0 Å². The summed E-state index contributed by atoms with van der Waals surface area (Å²) in [6.07, 6.45) is 1.86. The number of rotatable bonds is 5. The molecule has 0 amide bonds. The minimum absolute atomic E-state index is 0.0296. The van der Waals surface area contributed by atoms with Crippen LogP contribution < -0.4 is 0 Å². The fourth-order valence-electron chi connectivity index (χ4n) is 3.88. The predicted octanol–water partition coefficient (Wildman–Crippen LogP) is 4.63. The highest BCUT2D eigenvalue weighted by atomic mass is 16.1. The Bertz CT molecular complexity index is 1290. The molecule has 5 nitrogen and oxygen atoms in total. The van der Waals surface area contributed by atoms with Gasteiger partial charge in [0.25, 0.3) is 0 Å². The van der Waals surface area contributed by atoms with Gasteiger partial charge >= 0.3 is 0 Å². The molecule has 0 saturated carbocycles. The topological polar surface area (TPSA) is 52.7 Å². The van der Waals surface area contributed by atoms with Gasteiger partial charge in [-0.25, -0.2) is 4.68 Å². The lowest BCUT2D eigenvalue weighted by atomic mass is 10.1. The van der Waals surface area contributed by atoms with Gasteiger partial charge < -0.3 is 4.57 Å². The quantitative estimate of drug-likeness (QED) is 0.418. The molecule has 0 aliphatic carbocycles. The largest absolute Gasteiger partial charge is 0.334 e. The molecule has 3 aromatic carbocycles. The van der Waals surface area contributed by atoms with Crippen LogP contribution in [0.4, 0.5) is 0 Å². The molecular formula is C24H20N4O. The molecule has 0 atom stereocenters. The number of nitrogens with zero attached hydrogens (tertiary/aromatic N) is 4. The summed E-state index contributed by atoms with van der Waals surface area (Å²) >= 11 is 0. The van der Waals surface area contributed by atoms with Crippen molar-refractivity contribution in [3.05, 3.63) is 95.8 Å². The van der Waals surface area contributed by atoms with Gasteiger partial charge in [-0.05, 0) is 25.1 Å². The monoisotopic (exact) mass is 380 g/mol. The smallest absolute Gasteiger partial charge is 0.184 e. The lowest BCUT2D eigenvalue weighted by Gasteiger charge is -2.04. The number of hydrogen-bond acceptors (Lipinski definition) is 3. The molecule has 29 heavy (non-hydrogen) atoms. The fourth-order valence-corrected chi connectivity index (χ4v) is 3.88. The van der Waals surface area contributed by atoms with E-state index in [0.717, 1.165) is 11.3 Å². The minimum atomic E-state index is 0.0296. The molecule has 0 fully saturated rings. The first-order valence-corrected chi connectivity index (χ1v) is 9.64. The zero-order chi connectivity index (χ0) is 19.8. The van der Waals surface area contributed by atoms with Crippen LogP contribution in [0, 0.1) is 6.92 Å². The van der Waals surface area contributed by atoms with Crippen molar-refractivity contribution in [3.8, 4) is 0 Å². The molecule has 0 aliphatic heterocycles. The molecule has 142 valence electrons. The first kappa shape index (κ1) is 17.4. The summed E-state index contributed by atoms with van der Waals surface area (Å²) in [7, 11) is 0. The maximum Gasteiger partial charge on any atom is 0.184 e. The lowest BCUT2D eigenvalue weighted by molar-refractivity contribution is 0.0967. The number of aryl methyl sites for hydroxylation is 1. The summed E-state index contributed by atoms with van der Waals surface area (Å²) in [6.45, 7) is 2.77. The van der Waals surface area contributed by atoms with E-state index >= 15 is 0 Å². The van der Waals surface area contributed by atoms with E-state index in [1.807, 2.05) is 37.4 Å². The second kappa shape index (κ2) is 7.02. The second-order valence-electron chi connectivity index (χ2n) is 7.32. The van der Waals surface area contributed by atoms with Gasteiger partial charge in [-0.15, -0.1) is 5.10 Å². The molecule has 5 aromatic rings. The number of aromatic nitrogens is 4. The summed E-state index contributed by atoms with van der Waals surface area (Å²) in [5, 5.41) is 10.9. The number of carbonyl (C=O) groups excluding carboxylic acids is 1. The first-order valence-electron chi connectivity index (χ1n) is 9.64. The van der Waals surface area contributed by atoms with E-state index in [2.05, 4.69) is 63.4 Å². The zero-order valence-corrected chi connectivity index (χ0v) is 16.1. The Morgan fingerprint density at radius 3 is 2.28 bits per heavy atom. The van der Waals surface area contributed by atoms with Crippen LogP contribution >= 0.6 is 0 Å². The number of benzene rings is 3. The Morgan fingerprint density at radius 2 is 1.59 bits per heavy atom. The average molecular weight is 380 g/mol. The average Bonchev–Trinajstić information content (AvgIpc) is 3.31. The molecule has 5 heteroatoms. The lowest BCUT2D eigenvalue weighted by Crippen LogP contribution is -2.11. The van der Waals surface area contributed by atoms with Gasteiger partial charge in [0.05, 0.1) is 12.7 Å². The predicted molar refractivity (Wildman–Crippen MR) is 114 cm³/mol. The van der Waals surface area contributed by atoms with Gasteiger partial charge in [0.15, 0.2) is 5.78 Å². The summed E-state index contributed by atoms with van der Waals surface area (Å²) < 4.78 is 3.87. The van der Waals surface area contributed by atoms with Crippen LogP contribution in [-0.4, -0.2) is 25.3 Å². The van der Waals surface area contributed by atoms with Gasteiger partial charge in [-0.3, -0.25) is 4.79 Å². The van der Waals surface area contributed by atoms with Crippen LogP contribution in [0.1, 0.15) is 21.6 Å². The second-order valence-corrected chi connectivity index (χ2v) is 7.32. The number of Topliss-reactive ketones (excluding diaryl/α,β-unsaturated/α-hetero) is 1. The highest BCUT2D eigenvalue weighted by molar-refractivity contribution is 6.08. The van der Waals surface area contributed by atoms with Crippen molar-refractivity contribution in [1.82, 2.24) is 19.6 Å². The summed E-state index contributed by atoms with van der Waals surface area (Å²) in [6, 6.07) is 24.4. The van der Waals surface area contributed by atoms with Gasteiger partial charge in [0.2, 0.25) is 0 Å². The van der Waals surface area contributed by atoms with Gasteiger partial charge in [-0.1, -0.05) is 65.4 Å². The zero-order valence-electron chi connectivity index (χ0n) is 16.1. The molecule has 0 spiro atoms. The molecule has 2 aromatic heterocycles. The van der Waals surface area contributed by atoms with Gasteiger partial charge in [0.1, 0.15) is 12.2 Å². The first-order chi connectivity index (χ1) is 14.2. The highest BCUT2D eigenvalue weighted by Gasteiger charge is 2.13. The Morgan fingerprint density at radius 1 is 0.897 bits per heavy atom. The molecule has 0 bridgehead atoms. The molecule has 2 heterocycles. The van der Waals surface area contributed by atoms with E-state index in [1.54, 1.807) is 4.68 Å². The fraction of sp³-hybridized carbons (Fsp3) is 0.125. The number of hydrogen-bond donors (Lipinski definition) is 0. The van der Waals surface area contributed by atoms with Crippen LogP contribution in [-0.2, 0) is 13.1 Å². The molecule has 0 unspecified atom stereocenters. The minimum Gasteiger partial charge on any atom is -0.334 e. The third kappa shape index (κ3) is 3.21. The molecule has 5 rings (SSSR count). The van der Waals surface area contributed by atoms with E-state index in [-0.39, 0.29) is 12.3 Å². The summed E-state index contributed by atoms with van der Waals surface area (Å²) in [5.74, 6) is 0.0296. The molecule has 0 saturated heterocycles. The van der Waals surface area contributed by atoms with E-state index in [9.17, 15) is 4.79 Å². The maximum atomic E-state index is 12.5. The number of carbonyl (C=O) groups is 1. The third-order valence-electron chi connectivity index (χ3n) is 5.23. The molecule has 0 aliphatic rings. The van der Waals surface area contributed by atoms with Crippen LogP contribution in [0.5, 0.6) is 0 Å². The van der Waals surface area contributed by atoms with Crippen molar-refractivity contribution >= 4 is 27.6 Å². The molecule has 0 N–H and O–H groups in total. The van der Waals surface area contributed by atoms with E-state index in [1.165, 1.54) is 21.8 Å². The van der Waals surface area contributed by atoms with Crippen LogP contribution in [0.3, 0.4) is 0 Å². The van der Waals surface area contributed by atoms with Crippen LogP contribution in [0.15, 0.2) is 79.0 Å². The van der Waals surface area contributed by atoms with Crippen molar-refractivity contribution in [1.29, 1.82) is 0 Å². The molecule has 0 radical (unpaired) electrons. The Kier molecular flexibility index (Phi) is 4.21. The molecular weight excluding hydrogens is 360 g/mol. The van der Waals surface area contributed by atoms with E-state index in [4.69, 9.17) is 0 Å². The van der Waals surface area contributed by atoms with Gasteiger partial charge in [0, 0.05) is 27.4 Å². The normalized spacial score (nSPS) is 11.3. The van der Waals surface area contributed by atoms with Crippen molar-refractivity contribution in [2.24, 2.45) is 0 Å².